The molecule has 106 valence electrons. The van der Waals surface area contributed by atoms with Gasteiger partial charge in [0.2, 0.25) is 0 Å². The second-order valence-electron chi connectivity index (χ2n) is 5.74. The molecule has 1 aliphatic rings. The molecular formula is C18H22O2. The fourth-order valence-corrected chi connectivity index (χ4v) is 3.18. The summed E-state index contributed by atoms with van der Waals surface area (Å²) in [4.78, 5) is 0. The van der Waals surface area contributed by atoms with Crippen LogP contribution in [0.3, 0.4) is 0 Å². The molecule has 0 atom stereocenters. The number of aliphatic hydroxyl groups is 1. The molecule has 0 aromatic heterocycles. The average Bonchev–Trinajstić information content (AvgIpc) is 2.53. The normalized spacial score (nSPS) is 16.4. The third-order valence-corrected chi connectivity index (χ3v) is 4.36. The first-order valence-corrected chi connectivity index (χ1v) is 7.63. The molecule has 0 heterocycles. The average molecular weight is 270 g/mol. The van der Waals surface area contributed by atoms with E-state index in [0.29, 0.717) is 5.92 Å². The van der Waals surface area contributed by atoms with E-state index >= 15 is 0 Å². The summed E-state index contributed by atoms with van der Waals surface area (Å²) in [5, 5.41) is 11.9. The molecule has 1 N–H and O–H groups in total. The van der Waals surface area contributed by atoms with Gasteiger partial charge in [-0.1, -0.05) is 49.6 Å². The molecule has 1 saturated carbocycles. The van der Waals surface area contributed by atoms with Crippen molar-refractivity contribution in [1.29, 1.82) is 0 Å². The molecule has 0 unspecified atom stereocenters. The van der Waals surface area contributed by atoms with Crippen LogP contribution in [0, 0.1) is 5.92 Å². The zero-order valence-electron chi connectivity index (χ0n) is 11.8. The molecule has 1 aliphatic carbocycles. The lowest BCUT2D eigenvalue weighted by molar-refractivity contribution is 0.202. The van der Waals surface area contributed by atoms with E-state index in [1.54, 1.807) is 0 Å². The smallest absolute Gasteiger partial charge is 0.125 e. The predicted molar refractivity (Wildman–Crippen MR) is 81.9 cm³/mol. The summed E-state index contributed by atoms with van der Waals surface area (Å²) < 4.78 is 6.02. The van der Waals surface area contributed by atoms with Crippen LogP contribution in [-0.2, 0) is 6.61 Å². The van der Waals surface area contributed by atoms with Crippen LogP contribution in [0.1, 0.15) is 37.7 Å². The Morgan fingerprint density at radius 1 is 1.00 bits per heavy atom. The molecule has 0 spiro atoms. The number of rotatable bonds is 4. The van der Waals surface area contributed by atoms with Crippen LogP contribution in [0.4, 0.5) is 0 Å². The number of hydrogen-bond donors (Lipinski definition) is 1. The first kappa shape index (κ1) is 13.4. The Kier molecular flexibility index (Phi) is 4.22. The minimum atomic E-state index is 0.0291. The minimum Gasteiger partial charge on any atom is -0.493 e. The van der Waals surface area contributed by atoms with E-state index in [2.05, 4.69) is 12.1 Å². The molecule has 2 aromatic rings. The highest BCUT2D eigenvalue weighted by atomic mass is 16.5. The van der Waals surface area contributed by atoms with E-state index < -0.39 is 0 Å². The van der Waals surface area contributed by atoms with E-state index in [0.717, 1.165) is 28.7 Å². The van der Waals surface area contributed by atoms with Crippen molar-refractivity contribution < 1.29 is 9.84 Å². The minimum absolute atomic E-state index is 0.0291. The van der Waals surface area contributed by atoms with Gasteiger partial charge in [0.25, 0.3) is 0 Å². The Morgan fingerprint density at radius 2 is 1.80 bits per heavy atom. The lowest BCUT2D eigenvalue weighted by Gasteiger charge is -2.22. The summed E-state index contributed by atoms with van der Waals surface area (Å²) in [5.41, 5.74) is 0.916. The Balaban J connectivity index is 1.80. The standard InChI is InChI=1S/C18H22O2/c19-12-17-16-9-5-4-8-15(16)10-11-18(17)20-13-14-6-2-1-3-7-14/h4-5,8-11,14,19H,1-3,6-7,12-13H2. The van der Waals surface area contributed by atoms with Crippen LogP contribution in [0.2, 0.25) is 0 Å². The largest absolute Gasteiger partial charge is 0.493 e. The molecule has 0 amide bonds. The number of aliphatic hydroxyl groups excluding tert-OH is 1. The van der Waals surface area contributed by atoms with Gasteiger partial charge < -0.3 is 9.84 Å². The van der Waals surface area contributed by atoms with Crippen molar-refractivity contribution in [1.82, 2.24) is 0 Å². The molecular weight excluding hydrogens is 248 g/mol. The van der Waals surface area contributed by atoms with Crippen molar-refractivity contribution in [3.63, 3.8) is 0 Å². The van der Waals surface area contributed by atoms with Crippen LogP contribution in [0.15, 0.2) is 36.4 Å². The molecule has 3 rings (SSSR count). The predicted octanol–water partition coefficient (Wildman–Crippen LogP) is 4.29. The van der Waals surface area contributed by atoms with Gasteiger partial charge in [-0.3, -0.25) is 0 Å². The maximum Gasteiger partial charge on any atom is 0.125 e. The third kappa shape index (κ3) is 2.80. The monoisotopic (exact) mass is 270 g/mol. The first-order valence-electron chi connectivity index (χ1n) is 7.63. The van der Waals surface area contributed by atoms with Crippen LogP contribution in [-0.4, -0.2) is 11.7 Å². The molecule has 0 radical (unpaired) electrons. The van der Waals surface area contributed by atoms with Crippen LogP contribution in [0.25, 0.3) is 10.8 Å². The van der Waals surface area contributed by atoms with E-state index in [1.807, 2.05) is 24.3 Å². The van der Waals surface area contributed by atoms with Crippen molar-refractivity contribution in [2.45, 2.75) is 38.7 Å². The van der Waals surface area contributed by atoms with Crippen molar-refractivity contribution in [2.75, 3.05) is 6.61 Å². The Labute approximate surface area is 120 Å². The van der Waals surface area contributed by atoms with Crippen LogP contribution < -0.4 is 4.74 Å². The van der Waals surface area contributed by atoms with E-state index in [9.17, 15) is 5.11 Å². The first-order chi connectivity index (χ1) is 9.88. The zero-order chi connectivity index (χ0) is 13.8. The van der Waals surface area contributed by atoms with Gasteiger partial charge in [-0.05, 0) is 35.6 Å². The maximum absolute atomic E-state index is 9.67. The maximum atomic E-state index is 9.67. The fraction of sp³-hybridized carbons (Fsp3) is 0.444. The number of fused-ring (bicyclic) bond motifs is 1. The topological polar surface area (TPSA) is 29.5 Å². The van der Waals surface area contributed by atoms with Crippen molar-refractivity contribution in [2.24, 2.45) is 5.92 Å². The van der Waals surface area contributed by atoms with Gasteiger partial charge in [-0.25, -0.2) is 0 Å². The highest BCUT2D eigenvalue weighted by Crippen LogP contribution is 2.30. The molecule has 2 aromatic carbocycles. The summed E-state index contributed by atoms with van der Waals surface area (Å²) >= 11 is 0. The number of ether oxygens (including phenoxy) is 1. The molecule has 2 heteroatoms. The van der Waals surface area contributed by atoms with Gasteiger partial charge in [0.1, 0.15) is 5.75 Å². The fourth-order valence-electron chi connectivity index (χ4n) is 3.18. The van der Waals surface area contributed by atoms with Crippen LogP contribution >= 0.6 is 0 Å². The lowest BCUT2D eigenvalue weighted by Crippen LogP contribution is -2.15. The molecule has 2 nitrogen and oxygen atoms in total. The summed E-state index contributed by atoms with van der Waals surface area (Å²) in [5.74, 6) is 1.53. The summed E-state index contributed by atoms with van der Waals surface area (Å²) in [6, 6.07) is 12.2. The molecule has 0 aliphatic heterocycles. The highest BCUT2D eigenvalue weighted by molar-refractivity contribution is 5.87. The molecule has 20 heavy (non-hydrogen) atoms. The van der Waals surface area contributed by atoms with Gasteiger partial charge in [-0.15, -0.1) is 0 Å². The zero-order valence-corrected chi connectivity index (χ0v) is 11.8. The Hall–Kier alpha value is -1.54. The van der Waals surface area contributed by atoms with Gasteiger partial charge >= 0.3 is 0 Å². The highest BCUT2D eigenvalue weighted by Gasteiger charge is 2.15. The van der Waals surface area contributed by atoms with Crippen molar-refractivity contribution in [3.8, 4) is 5.75 Å². The second kappa shape index (κ2) is 6.27. The van der Waals surface area contributed by atoms with Gasteiger partial charge in [0.15, 0.2) is 0 Å². The van der Waals surface area contributed by atoms with E-state index in [-0.39, 0.29) is 6.61 Å². The van der Waals surface area contributed by atoms with Crippen LogP contribution in [0.5, 0.6) is 5.75 Å². The SMILES string of the molecule is OCc1c(OCC2CCCCC2)ccc2ccccc12. The van der Waals surface area contributed by atoms with Gasteiger partial charge in [-0.2, -0.15) is 0 Å². The van der Waals surface area contributed by atoms with Gasteiger partial charge in [0.05, 0.1) is 13.2 Å². The van der Waals surface area contributed by atoms with E-state index in [4.69, 9.17) is 4.74 Å². The van der Waals surface area contributed by atoms with Gasteiger partial charge in [0, 0.05) is 5.56 Å². The summed E-state index contributed by atoms with van der Waals surface area (Å²) in [7, 11) is 0. The molecule has 0 saturated heterocycles. The van der Waals surface area contributed by atoms with Crippen molar-refractivity contribution in [3.05, 3.63) is 42.0 Å². The molecule has 0 bridgehead atoms. The lowest BCUT2D eigenvalue weighted by atomic mass is 9.90. The summed E-state index contributed by atoms with van der Waals surface area (Å²) in [6.07, 6.45) is 6.59. The second-order valence-corrected chi connectivity index (χ2v) is 5.74. The Morgan fingerprint density at radius 3 is 2.60 bits per heavy atom. The Bertz CT molecular complexity index is 571. The quantitative estimate of drug-likeness (QED) is 0.898. The third-order valence-electron chi connectivity index (χ3n) is 4.36. The van der Waals surface area contributed by atoms with Crippen molar-refractivity contribution >= 4 is 10.8 Å². The summed E-state index contributed by atoms with van der Waals surface area (Å²) in [6.45, 7) is 0.812. The molecule has 1 fully saturated rings. The number of hydrogen-bond acceptors (Lipinski definition) is 2. The van der Waals surface area contributed by atoms with E-state index in [1.165, 1.54) is 32.1 Å². The number of benzene rings is 2.